The fourth-order valence-electron chi connectivity index (χ4n) is 3.60. The monoisotopic (exact) mass is 394 g/mol. The molecule has 0 spiro atoms. The van der Waals surface area contributed by atoms with E-state index < -0.39 is 35.1 Å². The molecule has 0 fully saturated rings. The minimum atomic E-state index is -0.964. The molecule has 1 heterocycles. The number of H-pyrrole nitrogens is 1. The van der Waals surface area contributed by atoms with Crippen molar-refractivity contribution in [3.8, 4) is 0 Å². The number of nitro groups is 1. The highest BCUT2D eigenvalue weighted by Gasteiger charge is 2.37. The van der Waals surface area contributed by atoms with E-state index >= 15 is 0 Å². The molecule has 7 heteroatoms. The van der Waals surface area contributed by atoms with E-state index in [1.165, 1.54) is 0 Å². The molecule has 0 radical (unpaired) electrons. The standard InChI is InChI=1S/C22H22N2O5/c1-2-16(21(25)22(26)29-14-15-8-4-3-5-9-15)19(13-24(27)28)18-12-23-20-11-7-6-10-17(18)20/h3-12,16,19,23H,2,13-14H2,1H3/t16-,19-/m1/s1. The lowest BCUT2D eigenvalue weighted by Crippen LogP contribution is -2.33. The fraction of sp³-hybridized carbons (Fsp3) is 0.273. The average Bonchev–Trinajstić information content (AvgIpc) is 3.16. The van der Waals surface area contributed by atoms with Crippen LogP contribution in [0, 0.1) is 16.0 Å². The number of nitrogens with zero attached hydrogens (tertiary/aromatic N) is 1. The summed E-state index contributed by atoms with van der Waals surface area (Å²) in [5.41, 5.74) is 2.25. The maximum absolute atomic E-state index is 12.8. The Morgan fingerprint density at radius 2 is 1.79 bits per heavy atom. The lowest BCUT2D eigenvalue weighted by Gasteiger charge is -2.21. The summed E-state index contributed by atoms with van der Waals surface area (Å²) in [6.45, 7) is 1.28. The second-order valence-electron chi connectivity index (χ2n) is 6.85. The fourth-order valence-corrected chi connectivity index (χ4v) is 3.60. The Morgan fingerprint density at radius 1 is 1.10 bits per heavy atom. The lowest BCUT2D eigenvalue weighted by atomic mass is 9.81. The van der Waals surface area contributed by atoms with Gasteiger partial charge in [0.2, 0.25) is 12.3 Å². The minimum absolute atomic E-state index is 0.0190. The highest BCUT2D eigenvalue weighted by molar-refractivity contribution is 6.34. The number of benzene rings is 2. The Hall–Kier alpha value is -3.48. The zero-order chi connectivity index (χ0) is 20.8. The molecule has 0 aliphatic heterocycles. The van der Waals surface area contributed by atoms with Gasteiger partial charge in [0.1, 0.15) is 6.61 Å². The van der Waals surface area contributed by atoms with Gasteiger partial charge in [-0.1, -0.05) is 55.5 Å². The number of para-hydroxylation sites is 1. The van der Waals surface area contributed by atoms with Crippen LogP contribution in [0.1, 0.15) is 30.4 Å². The van der Waals surface area contributed by atoms with Gasteiger partial charge in [0.15, 0.2) is 0 Å². The highest BCUT2D eigenvalue weighted by Crippen LogP contribution is 2.33. The molecule has 0 aliphatic carbocycles. The lowest BCUT2D eigenvalue weighted by molar-refractivity contribution is -0.484. The number of carbonyl (C=O) groups is 2. The Balaban J connectivity index is 1.83. The number of esters is 1. The summed E-state index contributed by atoms with van der Waals surface area (Å²) in [6, 6.07) is 16.4. The molecule has 3 rings (SSSR count). The van der Waals surface area contributed by atoms with Crippen molar-refractivity contribution in [3.05, 3.63) is 82.0 Å². The van der Waals surface area contributed by atoms with Gasteiger partial charge < -0.3 is 9.72 Å². The molecule has 2 aromatic carbocycles. The highest BCUT2D eigenvalue weighted by atomic mass is 16.6. The van der Waals surface area contributed by atoms with Crippen LogP contribution in [-0.2, 0) is 20.9 Å². The van der Waals surface area contributed by atoms with Crippen LogP contribution in [0.2, 0.25) is 0 Å². The SMILES string of the molecule is CC[C@@H](C(=O)C(=O)OCc1ccccc1)[C@@H](C[N+](=O)[O-])c1c[nH]c2ccccc12. The van der Waals surface area contributed by atoms with Gasteiger partial charge in [-0.15, -0.1) is 0 Å². The van der Waals surface area contributed by atoms with E-state index in [9.17, 15) is 19.7 Å². The van der Waals surface area contributed by atoms with Crippen molar-refractivity contribution in [1.29, 1.82) is 0 Å². The van der Waals surface area contributed by atoms with Crippen molar-refractivity contribution in [2.75, 3.05) is 6.54 Å². The second-order valence-corrected chi connectivity index (χ2v) is 6.85. The summed E-state index contributed by atoms with van der Waals surface area (Å²) in [7, 11) is 0. The molecule has 2 atom stereocenters. The molecule has 0 amide bonds. The molecule has 150 valence electrons. The molecule has 7 nitrogen and oxygen atoms in total. The van der Waals surface area contributed by atoms with Crippen LogP contribution in [0.25, 0.3) is 10.9 Å². The molecule has 0 saturated heterocycles. The number of fused-ring (bicyclic) bond motifs is 1. The molecule has 0 unspecified atom stereocenters. The first-order valence-corrected chi connectivity index (χ1v) is 9.44. The van der Waals surface area contributed by atoms with Gasteiger partial charge in [0.25, 0.3) is 0 Å². The topological polar surface area (TPSA) is 102 Å². The van der Waals surface area contributed by atoms with E-state index in [0.717, 1.165) is 16.5 Å². The third-order valence-electron chi connectivity index (χ3n) is 5.04. The molecule has 1 aromatic heterocycles. The van der Waals surface area contributed by atoms with E-state index in [1.807, 2.05) is 42.5 Å². The van der Waals surface area contributed by atoms with Crippen molar-refractivity contribution in [2.45, 2.75) is 25.9 Å². The van der Waals surface area contributed by atoms with E-state index in [-0.39, 0.29) is 13.0 Å². The quantitative estimate of drug-likeness (QED) is 0.257. The number of hydrogen-bond donors (Lipinski definition) is 1. The first-order chi connectivity index (χ1) is 14.0. The Labute approximate surface area is 167 Å². The second kappa shape index (κ2) is 9.14. The zero-order valence-electron chi connectivity index (χ0n) is 16.0. The van der Waals surface area contributed by atoms with Crippen LogP contribution in [0.4, 0.5) is 0 Å². The Bertz CT molecular complexity index is 1010. The van der Waals surface area contributed by atoms with Gasteiger partial charge in [-0.2, -0.15) is 0 Å². The third-order valence-corrected chi connectivity index (χ3v) is 5.04. The summed E-state index contributed by atoms with van der Waals surface area (Å²) >= 11 is 0. The van der Waals surface area contributed by atoms with Crippen LogP contribution >= 0.6 is 0 Å². The number of ether oxygens (including phenoxy) is 1. The number of Topliss-reactive ketones (excluding diaryl/α,β-unsaturated/α-hetero) is 1. The van der Waals surface area contributed by atoms with Gasteiger partial charge in [-0.3, -0.25) is 14.9 Å². The van der Waals surface area contributed by atoms with Crippen LogP contribution in [0.3, 0.4) is 0 Å². The van der Waals surface area contributed by atoms with Crippen LogP contribution in [-0.4, -0.2) is 28.2 Å². The number of aromatic amines is 1. The predicted molar refractivity (Wildman–Crippen MR) is 108 cm³/mol. The summed E-state index contributed by atoms with van der Waals surface area (Å²) in [5.74, 6) is -3.28. The number of ketones is 1. The summed E-state index contributed by atoms with van der Waals surface area (Å²) in [6.07, 6.45) is 1.97. The molecule has 29 heavy (non-hydrogen) atoms. The van der Waals surface area contributed by atoms with Gasteiger partial charge >= 0.3 is 5.97 Å². The summed E-state index contributed by atoms with van der Waals surface area (Å²) in [4.78, 5) is 39.2. The smallest absolute Gasteiger partial charge is 0.375 e. The van der Waals surface area contributed by atoms with Crippen molar-refractivity contribution < 1.29 is 19.2 Å². The van der Waals surface area contributed by atoms with Crippen molar-refractivity contribution in [2.24, 2.45) is 5.92 Å². The third kappa shape index (κ3) is 4.68. The molecule has 0 aliphatic rings. The van der Waals surface area contributed by atoms with Gasteiger partial charge in [0.05, 0.1) is 5.92 Å². The van der Waals surface area contributed by atoms with Crippen LogP contribution < -0.4 is 0 Å². The van der Waals surface area contributed by atoms with Crippen molar-refractivity contribution in [1.82, 2.24) is 4.98 Å². The number of carbonyl (C=O) groups excluding carboxylic acids is 2. The van der Waals surface area contributed by atoms with Crippen molar-refractivity contribution in [3.63, 3.8) is 0 Å². The normalized spacial score (nSPS) is 13.0. The van der Waals surface area contributed by atoms with E-state index in [4.69, 9.17) is 4.74 Å². The summed E-state index contributed by atoms with van der Waals surface area (Å²) in [5, 5.41) is 12.1. The largest absolute Gasteiger partial charge is 0.455 e. The Morgan fingerprint density at radius 3 is 2.48 bits per heavy atom. The summed E-state index contributed by atoms with van der Waals surface area (Å²) < 4.78 is 5.17. The zero-order valence-corrected chi connectivity index (χ0v) is 16.0. The maximum atomic E-state index is 12.8. The van der Waals surface area contributed by atoms with Crippen LogP contribution in [0.15, 0.2) is 60.8 Å². The average molecular weight is 394 g/mol. The maximum Gasteiger partial charge on any atom is 0.375 e. The van der Waals surface area contributed by atoms with Gasteiger partial charge in [-0.05, 0) is 23.6 Å². The molecule has 3 aromatic rings. The minimum Gasteiger partial charge on any atom is -0.455 e. The molecule has 0 bridgehead atoms. The number of rotatable bonds is 9. The van der Waals surface area contributed by atoms with Gasteiger partial charge in [-0.25, -0.2) is 4.79 Å². The van der Waals surface area contributed by atoms with E-state index in [0.29, 0.717) is 5.56 Å². The first kappa shape index (κ1) is 20.3. The first-order valence-electron chi connectivity index (χ1n) is 9.44. The van der Waals surface area contributed by atoms with Gasteiger partial charge in [0, 0.05) is 27.9 Å². The van der Waals surface area contributed by atoms with Crippen molar-refractivity contribution >= 4 is 22.7 Å². The molecule has 0 saturated carbocycles. The molecular weight excluding hydrogens is 372 g/mol. The predicted octanol–water partition coefficient (Wildman–Crippen LogP) is 3.87. The number of hydrogen-bond acceptors (Lipinski definition) is 5. The van der Waals surface area contributed by atoms with E-state index in [1.54, 1.807) is 25.3 Å². The van der Waals surface area contributed by atoms with Crippen LogP contribution in [0.5, 0.6) is 0 Å². The van der Waals surface area contributed by atoms with E-state index in [2.05, 4.69) is 4.98 Å². The number of nitrogens with one attached hydrogen (secondary N) is 1. The Kier molecular flexibility index (Phi) is 6.39. The molecular formula is C22H22N2O5. The molecule has 1 N–H and O–H groups in total. The number of aromatic nitrogens is 1.